The van der Waals surface area contributed by atoms with Crippen LogP contribution in [0.3, 0.4) is 0 Å². The molecule has 1 saturated heterocycles. The lowest BCUT2D eigenvalue weighted by Crippen LogP contribution is -2.31. The van der Waals surface area contributed by atoms with Crippen molar-refractivity contribution in [3.63, 3.8) is 0 Å². The molecule has 3 nitrogen and oxygen atoms in total. The summed E-state index contributed by atoms with van der Waals surface area (Å²) in [6, 6.07) is 8.64. The molecule has 88 valence electrons. The molecule has 1 aliphatic heterocycles. The Labute approximate surface area is 97.1 Å². The zero-order chi connectivity index (χ0) is 11.4. The minimum atomic E-state index is 0.117. The van der Waals surface area contributed by atoms with Gasteiger partial charge in [0.15, 0.2) is 0 Å². The average molecular weight is 220 g/mol. The molecule has 16 heavy (non-hydrogen) atoms. The number of benzene rings is 1. The summed E-state index contributed by atoms with van der Waals surface area (Å²) in [4.78, 5) is 2.41. The summed E-state index contributed by atoms with van der Waals surface area (Å²) in [7, 11) is 2.19. The molecule has 1 atom stereocenters. The van der Waals surface area contributed by atoms with Crippen molar-refractivity contribution in [2.45, 2.75) is 25.5 Å². The third-order valence-electron chi connectivity index (χ3n) is 3.35. The summed E-state index contributed by atoms with van der Waals surface area (Å²) in [6.07, 6.45) is 2.60. The fraction of sp³-hybridized carbons (Fsp3) is 0.538. The molecule has 0 radical (unpaired) electrons. The van der Waals surface area contributed by atoms with E-state index in [0.717, 1.165) is 17.8 Å². The quantitative estimate of drug-likeness (QED) is 0.810. The first-order chi connectivity index (χ1) is 7.79. The van der Waals surface area contributed by atoms with Gasteiger partial charge in [-0.1, -0.05) is 12.1 Å². The van der Waals surface area contributed by atoms with Crippen molar-refractivity contribution in [1.82, 2.24) is 4.90 Å². The van der Waals surface area contributed by atoms with Crippen LogP contribution in [0.1, 0.15) is 18.4 Å². The van der Waals surface area contributed by atoms with Crippen LogP contribution in [0, 0.1) is 0 Å². The van der Waals surface area contributed by atoms with Crippen molar-refractivity contribution in [1.29, 1.82) is 0 Å². The van der Waals surface area contributed by atoms with E-state index in [0.29, 0.717) is 6.04 Å². The van der Waals surface area contributed by atoms with Crippen molar-refractivity contribution in [2.24, 2.45) is 0 Å². The Bertz CT molecular complexity index is 323. The summed E-state index contributed by atoms with van der Waals surface area (Å²) in [5.74, 6) is 0. The number of hydrogen-bond donors (Lipinski definition) is 2. The van der Waals surface area contributed by atoms with E-state index in [4.69, 9.17) is 5.11 Å². The maximum absolute atomic E-state index is 8.94. The number of nitrogens with one attached hydrogen (secondary N) is 1. The number of rotatable bonds is 4. The van der Waals surface area contributed by atoms with Gasteiger partial charge in [0.2, 0.25) is 0 Å². The summed E-state index contributed by atoms with van der Waals surface area (Å²) in [6.45, 7) is 2.34. The van der Waals surface area contributed by atoms with Gasteiger partial charge in [0.25, 0.3) is 0 Å². The summed E-state index contributed by atoms with van der Waals surface area (Å²) in [5.41, 5.74) is 2.10. The van der Waals surface area contributed by atoms with Gasteiger partial charge in [-0.2, -0.15) is 0 Å². The third-order valence-corrected chi connectivity index (χ3v) is 3.35. The lowest BCUT2D eigenvalue weighted by molar-refractivity contribution is 0.282. The molecule has 3 heteroatoms. The van der Waals surface area contributed by atoms with Gasteiger partial charge in [-0.15, -0.1) is 0 Å². The van der Waals surface area contributed by atoms with Gasteiger partial charge in [-0.25, -0.2) is 0 Å². The first-order valence-corrected chi connectivity index (χ1v) is 5.93. The van der Waals surface area contributed by atoms with Crippen LogP contribution in [0.2, 0.25) is 0 Å². The summed E-state index contributed by atoms with van der Waals surface area (Å²) >= 11 is 0. The highest BCUT2D eigenvalue weighted by atomic mass is 16.3. The largest absolute Gasteiger partial charge is 0.392 e. The average Bonchev–Trinajstić information content (AvgIpc) is 2.73. The van der Waals surface area contributed by atoms with E-state index >= 15 is 0 Å². The predicted molar refractivity (Wildman–Crippen MR) is 66.5 cm³/mol. The Morgan fingerprint density at radius 2 is 2.12 bits per heavy atom. The molecular formula is C13H20N2O. The fourth-order valence-corrected chi connectivity index (χ4v) is 2.20. The molecule has 1 unspecified atom stereocenters. The van der Waals surface area contributed by atoms with Crippen LogP contribution in [0.25, 0.3) is 0 Å². The van der Waals surface area contributed by atoms with E-state index in [1.165, 1.54) is 19.4 Å². The normalized spacial score (nSPS) is 21.2. The summed E-state index contributed by atoms with van der Waals surface area (Å²) in [5, 5.41) is 12.4. The molecule has 0 aliphatic carbocycles. The second kappa shape index (κ2) is 5.32. The number of likely N-dealkylation sites (tertiary alicyclic amines) is 1. The van der Waals surface area contributed by atoms with Crippen molar-refractivity contribution < 1.29 is 5.11 Å². The minimum absolute atomic E-state index is 0.117. The molecule has 1 aromatic rings. The van der Waals surface area contributed by atoms with Crippen LogP contribution in [0.15, 0.2) is 24.3 Å². The van der Waals surface area contributed by atoms with Crippen molar-refractivity contribution in [2.75, 3.05) is 25.5 Å². The van der Waals surface area contributed by atoms with Crippen LogP contribution >= 0.6 is 0 Å². The van der Waals surface area contributed by atoms with Crippen LogP contribution < -0.4 is 5.32 Å². The molecule has 2 rings (SSSR count). The molecule has 1 fully saturated rings. The van der Waals surface area contributed by atoms with Gasteiger partial charge in [-0.05, 0) is 44.1 Å². The van der Waals surface area contributed by atoms with Crippen molar-refractivity contribution in [3.05, 3.63) is 29.8 Å². The van der Waals surface area contributed by atoms with Gasteiger partial charge in [0, 0.05) is 18.3 Å². The Kier molecular flexibility index (Phi) is 3.80. The molecule has 1 aliphatic rings. The number of aliphatic hydroxyl groups is 1. The van der Waals surface area contributed by atoms with E-state index in [-0.39, 0.29) is 6.61 Å². The van der Waals surface area contributed by atoms with E-state index in [1.807, 2.05) is 24.3 Å². The van der Waals surface area contributed by atoms with Crippen LogP contribution in [-0.2, 0) is 6.61 Å². The first kappa shape index (κ1) is 11.4. The number of anilines is 1. The fourth-order valence-electron chi connectivity index (χ4n) is 2.20. The second-order valence-electron chi connectivity index (χ2n) is 4.51. The van der Waals surface area contributed by atoms with Gasteiger partial charge >= 0.3 is 0 Å². The molecular weight excluding hydrogens is 200 g/mol. The lowest BCUT2D eigenvalue weighted by atomic mass is 10.2. The maximum Gasteiger partial charge on any atom is 0.0681 e. The van der Waals surface area contributed by atoms with Gasteiger partial charge < -0.3 is 15.3 Å². The first-order valence-electron chi connectivity index (χ1n) is 5.93. The van der Waals surface area contributed by atoms with Crippen LogP contribution in [-0.4, -0.2) is 36.2 Å². The zero-order valence-corrected chi connectivity index (χ0v) is 9.82. The van der Waals surface area contributed by atoms with Gasteiger partial charge in [0.1, 0.15) is 0 Å². The molecule has 0 aromatic heterocycles. The third kappa shape index (κ3) is 2.74. The van der Waals surface area contributed by atoms with Crippen molar-refractivity contribution in [3.8, 4) is 0 Å². The molecule has 0 spiro atoms. The topological polar surface area (TPSA) is 35.5 Å². The van der Waals surface area contributed by atoms with Crippen LogP contribution in [0.5, 0.6) is 0 Å². The Morgan fingerprint density at radius 1 is 1.38 bits per heavy atom. The number of hydrogen-bond acceptors (Lipinski definition) is 3. The number of likely N-dealkylation sites (N-methyl/N-ethyl adjacent to an activating group) is 1. The number of nitrogens with zero attached hydrogens (tertiary/aromatic N) is 1. The zero-order valence-electron chi connectivity index (χ0n) is 9.82. The Morgan fingerprint density at radius 3 is 2.69 bits per heavy atom. The lowest BCUT2D eigenvalue weighted by Gasteiger charge is -2.20. The molecule has 1 heterocycles. The maximum atomic E-state index is 8.94. The molecule has 2 N–H and O–H groups in total. The molecule has 0 saturated carbocycles. The monoisotopic (exact) mass is 220 g/mol. The van der Waals surface area contributed by atoms with Gasteiger partial charge in [0.05, 0.1) is 6.61 Å². The van der Waals surface area contributed by atoms with Crippen LogP contribution in [0.4, 0.5) is 5.69 Å². The summed E-state index contributed by atoms with van der Waals surface area (Å²) < 4.78 is 0. The predicted octanol–water partition coefficient (Wildman–Crippen LogP) is 1.69. The van der Waals surface area contributed by atoms with Crippen molar-refractivity contribution >= 4 is 5.69 Å². The molecule has 1 aromatic carbocycles. The highest BCUT2D eigenvalue weighted by Crippen LogP contribution is 2.16. The molecule has 0 amide bonds. The SMILES string of the molecule is CN1CCCC1CNc1ccc(CO)cc1. The highest BCUT2D eigenvalue weighted by Gasteiger charge is 2.19. The highest BCUT2D eigenvalue weighted by molar-refractivity contribution is 5.44. The van der Waals surface area contributed by atoms with E-state index in [1.54, 1.807) is 0 Å². The molecule has 0 bridgehead atoms. The van der Waals surface area contributed by atoms with E-state index in [2.05, 4.69) is 17.3 Å². The Balaban J connectivity index is 1.84. The van der Waals surface area contributed by atoms with E-state index in [9.17, 15) is 0 Å². The Hall–Kier alpha value is -1.06. The standard InChI is InChI=1S/C13H20N2O/c1-15-8-2-3-13(15)9-14-12-6-4-11(10-16)5-7-12/h4-7,13-14,16H,2-3,8-10H2,1H3. The smallest absolute Gasteiger partial charge is 0.0681 e. The minimum Gasteiger partial charge on any atom is -0.392 e. The van der Waals surface area contributed by atoms with E-state index < -0.39 is 0 Å². The van der Waals surface area contributed by atoms with Gasteiger partial charge in [-0.3, -0.25) is 0 Å². The number of aliphatic hydroxyl groups excluding tert-OH is 1. The second-order valence-corrected chi connectivity index (χ2v) is 4.51.